The zero-order chi connectivity index (χ0) is 13.8. The Morgan fingerprint density at radius 3 is 2.67 bits per heavy atom. The first-order valence-corrected chi connectivity index (χ1v) is 7.85. The van der Waals surface area contributed by atoms with Gasteiger partial charge in [-0.15, -0.1) is 0 Å². The van der Waals surface area contributed by atoms with Crippen LogP contribution >= 0.6 is 15.9 Å². The fraction of sp³-hybridized carbons (Fsp3) is 0.455. The molecular weight excluding hydrogens is 328 g/mol. The lowest BCUT2D eigenvalue weighted by Crippen LogP contribution is -2.27. The highest BCUT2D eigenvalue weighted by molar-refractivity contribution is 9.09. The third-order valence-electron chi connectivity index (χ3n) is 2.38. The van der Waals surface area contributed by atoms with E-state index in [0.717, 1.165) is 18.6 Å². The molecule has 0 amide bonds. The first-order chi connectivity index (χ1) is 8.36. The van der Waals surface area contributed by atoms with Crippen molar-refractivity contribution in [2.75, 3.05) is 6.54 Å². The summed E-state index contributed by atoms with van der Waals surface area (Å²) in [5, 5.41) is 0. The fourth-order valence-corrected chi connectivity index (χ4v) is 2.68. The lowest BCUT2D eigenvalue weighted by atomic mass is 10.2. The van der Waals surface area contributed by atoms with Gasteiger partial charge in [-0.3, -0.25) is 0 Å². The second kappa shape index (κ2) is 6.58. The van der Waals surface area contributed by atoms with Gasteiger partial charge in [-0.25, -0.2) is 21.9 Å². The largest absolute Gasteiger partial charge is 0.243 e. The minimum Gasteiger partial charge on any atom is -0.211 e. The van der Waals surface area contributed by atoms with Crippen molar-refractivity contribution in [3.8, 4) is 0 Å². The smallest absolute Gasteiger partial charge is 0.211 e. The molecule has 7 heteroatoms. The van der Waals surface area contributed by atoms with Crippen LogP contribution in [0, 0.1) is 11.6 Å². The molecule has 0 aliphatic heterocycles. The first kappa shape index (κ1) is 15.5. The molecule has 1 unspecified atom stereocenters. The topological polar surface area (TPSA) is 46.2 Å². The summed E-state index contributed by atoms with van der Waals surface area (Å²) >= 11 is 3.36. The van der Waals surface area contributed by atoms with Gasteiger partial charge in [0.2, 0.25) is 10.0 Å². The first-order valence-electron chi connectivity index (χ1n) is 5.45. The van der Waals surface area contributed by atoms with Gasteiger partial charge in [-0.2, -0.15) is 0 Å². The predicted molar refractivity (Wildman–Crippen MR) is 69.2 cm³/mol. The number of hydrogen-bond donors (Lipinski definition) is 1. The van der Waals surface area contributed by atoms with Crippen LogP contribution in [-0.2, 0) is 10.0 Å². The summed E-state index contributed by atoms with van der Waals surface area (Å²) in [6.07, 6.45) is 1.43. The Bertz CT molecular complexity index is 508. The van der Waals surface area contributed by atoms with Crippen molar-refractivity contribution in [2.24, 2.45) is 0 Å². The predicted octanol–water partition coefficient (Wildman–Crippen LogP) is 2.81. The molecule has 1 aromatic carbocycles. The van der Waals surface area contributed by atoms with Gasteiger partial charge >= 0.3 is 0 Å². The zero-order valence-electron chi connectivity index (χ0n) is 9.79. The normalized spacial score (nSPS) is 13.6. The van der Waals surface area contributed by atoms with Crippen LogP contribution in [0.5, 0.6) is 0 Å². The van der Waals surface area contributed by atoms with E-state index in [0.29, 0.717) is 12.5 Å². The van der Waals surface area contributed by atoms with Gasteiger partial charge in [0.25, 0.3) is 0 Å². The zero-order valence-corrected chi connectivity index (χ0v) is 12.2. The lowest BCUT2D eigenvalue weighted by molar-refractivity contribution is 0.544. The van der Waals surface area contributed by atoms with Crippen molar-refractivity contribution in [1.82, 2.24) is 4.72 Å². The van der Waals surface area contributed by atoms with Crippen LogP contribution in [-0.4, -0.2) is 19.8 Å². The van der Waals surface area contributed by atoms with Crippen molar-refractivity contribution in [3.63, 3.8) is 0 Å². The number of halogens is 3. The van der Waals surface area contributed by atoms with Gasteiger partial charge in [-0.05, 0) is 31.0 Å². The van der Waals surface area contributed by atoms with Crippen LogP contribution < -0.4 is 4.72 Å². The fourth-order valence-electron chi connectivity index (χ4n) is 1.31. The van der Waals surface area contributed by atoms with E-state index < -0.39 is 26.6 Å². The lowest BCUT2D eigenvalue weighted by Gasteiger charge is -2.09. The van der Waals surface area contributed by atoms with Crippen molar-refractivity contribution in [1.29, 1.82) is 0 Å². The Labute approximate surface area is 114 Å². The van der Waals surface area contributed by atoms with E-state index in [-0.39, 0.29) is 11.4 Å². The Balaban J connectivity index is 2.77. The van der Waals surface area contributed by atoms with Gasteiger partial charge in [0, 0.05) is 11.4 Å². The molecule has 102 valence electrons. The molecule has 0 fully saturated rings. The highest BCUT2D eigenvalue weighted by atomic mass is 79.9. The summed E-state index contributed by atoms with van der Waals surface area (Å²) in [7, 11) is -4.00. The molecule has 0 saturated carbocycles. The van der Waals surface area contributed by atoms with Crippen LogP contribution in [0.15, 0.2) is 23.1 Å². The molecule has 1 rings (SSSR count). The standard InChI is InChI=1S/C11H14BrF2NO2S/c1-2-8(12)5-6-15-18(16,17)11-7-9(13)3-4-10(11)14/h3-4,7-8,15H,2,5-6H2,1H3. The molecule has 1 atom stereocenters. The van der Waals surface area contributed by atoms with E-state index in [1.807, 2.05) is 6.92 Å². The van der Waals surface area contributed by atoms with Crippen LogP contribution in [0.4, 0.5) is 8.78 Å². The van der Waals surface area contributed by atoms with Crippen LogP contribution in [0.25, 0.3) is 0 Å². The van der Waals surface area contributed by atoms with Crippen molar-refractivity contribution < 1.29 is 17.2 Å². The van der Waals surface area contributed by atoms with Gasteiger partial charge in [0.1, 0.15) is 16.5 Å². The summed E-state index contributed by atoms with van der Waals surface area (Å²) in [5.41, 5.74) is 0. The quantitative estimate of drug-likeness (QED) is 0.808. The minimum atomic E-state index is -4.00. The average molecular weight is 342 g/mol. The van der Waals surface area contributed by atoms with E-state index >= 15 is 0 Å². The molecule has 0 saturated heterocycles. The highest BCUT2D eigenvalue weighted by Crippen LogP contribution is 2.16. The molecule has 1 aromatic rings. The molecule has 3 nitrogen and oxygen atoms in total. The summed E-state index contributed by atoms with van der Waals surface area (Å²) in [6.45, 7) is 2.13. The van der Waals surface area contributed by atoms with Crippen molar-refractivity contribution >= 4 is 26.0 Å². The summed E-state index contributed by atoms with van der Waals surface area (Å²) in [6, 6.07) is 2.34. The minimum absolute atomic E-state index is 0.169. The number of alkyl halides is 1. The third kappa shape index (κ3) is 4.29. The Morgan fingerprint density at radius 2 is 2.06 bits per heavy atom. The number of hydrogen-bond acceptors (Lipinski definition) is 2. The molecular formula is C11H14BrF2NO2S. The van der Waals surface area contributed by atoms with Crippen molar-refractivity contribution in [3.05, 3.63) is 29.8 Å². The molecule has 0 heterocycles. The van der Waals surface area contributed by atoms with E-state index in [9.17, 15) is 17.2 Å². The Morgan fingerprint density at radius 1 is 1.39 bits per heavy atom. The maximum atomic E-state index is 13.3. The Kier molecular flexibility index (Phi) is 5.68. The van der Waals surface area contributed by atoms with Gasteiger partial charge in [0.05, 0.1) is 0 Å². The number of benzene rings is 1. The van der Waals surface area contributed by atoms with Gasteiger partial charge in [0.15, 0.2) is 0 Å². The van der Waals surface area contributed by atoms with Gasteiger partial charge in [-0.1, -0.05) is 22.9 Å². The molecule has 0 aliphatic rings. The van der Waals surface area contributed by atoms with E-state index in [2.05, 4.69) is 20.7 Å². The number of sulfonamides is 1. The maximum Gasteiger partial charge on any atom is 0.243 e. The SMILES string of the molecule is CCC(Br)CCNS(=O)(=O)c1cc(F)ccc1F. The number of rotatable bonds is 6. The second-order valence-electron chi connectivity index (χ2n) is 3.77. The number of nitrogens with one attached hydrogen (secondary N) is 1. The van der Waals surface area contributed by atoms with E-state index in [1.54, 1.807) is 0 Å². The maximum absolute atomic E-state index is 13.3. The highest BCUT2D eigenvalue weighted by Gasteiger charge is 2.19. The molecule has 1 N–H and O–H groups in total. The van der Waals surface area contributed by atoms with Gasteiger partial charge < -0.3 is 0 Å². The molecule has 0 aliphatic carbocycles. The van der Waals surface area contributed by atoms with Crippen LogP contribution in [0.3, 0.4) is 0 Å². The second-order valence-corrected chi connectivity index (χ2v) is 6.80. The molecule has 0 radical (unpaired) electrons. The summed E-state index contributed by atoms with van der Waals surface area (Å²) in [5.74, 6) is -1.75. The molecule has 0 spiro atoms. The monoisotopic (exact) mass is 341 g/mol. The molecule has 0 aromatic heterocycles. The third-order valence-corrected chi connectivity index (χ3v) is 4.96. The average Bonchev–Trinajstić information content (AvgIpc) is 2.31. The summed E-state index contributed by atoms with van der Waals surface area (Å²) < 4.78 is 52.0. The summed E-state index contributed by atoms with van der Waals surface area (Å²) in [4.78, 5) is -0.470. The molecule has 18 heavy (non-hydrogen) atoms. The van der Waals surface area contributed by atoms with Crippen LogP contribution in [0.1, 0.15) is 19.8 Å². The van der Waals surface area contributed by atoms with E-state index in [1.165, 1.54) is 0 Å². The molecule has 0 bridgehead atoms. The van der Waals surface area contributed by atoms with Crippen molar-refractivity contribution in [2.45, 2.75) is 29.5 Å². The van der Waals surface area contributed by atoms with E-state index in [4.69, 9.17) is 0 Å². The van der Waals surface area contributed by atoms with Crippen LogP contribution in [0.2, 0.25) is 0 Å². The Hall–Kier alpha value is -0.530.